The number of nitrogens with two attached hydrogens (primary N) is 1. The van der Waals surface area contributed by atoms with E-state index in [4.69, 9.17) is 5.73 Å². The van der Waals surface area contributed by atoms with Crippen molar-refractivity contribution in [1.82, 2.24) is 19.8 Å². The zero-order valence-electron chi connectivity index (χ0n) is 11.5. The molecule has 0 aliphatic carbocycles. The SMILES string of the molecule is NC(=O)CN(C(=O)CCn1ccnc1)C1CCCNC1. The van der Waals surface area contributed by atoms with Gasteiger partial charge in [-0.2, -0.15) is 0 Å². The summed E-state index contributed by atoms with van der Waals surface area (Å²) < 4.78 is 1.85. The summed E-state index contributed by atoms with van der Waals surface area (Å²) in [6.45, 7) is 2.25. The number of carbonyl (C=O) groups is 2. The van der Waals surface area contributed by atoms with E-state index in [0.717, 1.165) is 25.9 Å². The molecule has 110 valence electrons. The van der Waals surface area contributed by atoms with Gasteiger partial charge < -0.3 is 20.5 Å². The van der Waals surface area contributed by atoms with Crippen LogP contribution in [0.15, 0.2) is 18.7 Å². The molecule has 1 unspecified atom stereocenters. The lowest BCUT2D eigenvalue weighted by molar-refractivity contribution is -0.138. The number of aryl methyl sites for hydroxylation is 1. The van der Waals surface area contributed by atoms with Crippen LogP contribution in [0.5, 0.6) is 0 Å². The summed E-state index contributed by atoms with van der Waals surface area (Å²) in [6, 6.07) is 0.0616. The van der Waals surface area contributed by atoms with Crippen LogP contribution in [0, 0.1) is 0 Å². The largest absolute Gasteiger partial charge is 0.368 e. The Hall–Kier alpha value is -1.89. The van der Waals surface area contributed by atoms with Crippen molar-refractivity contribution in [2.24, 2.45) is 5.73 Å². The molecule has 7 nitrogen and oxygen atoms in total. The van der Waals surface area contributed by atoms with E-state index in [1.807, 2.05) is 10.8 Å². The molecule has 1 aliphatic rings. The summed E-state index contributed by atoms with van der Waals surface area (Å²) in [5, 5.41) is 3.25. The van der Waals surface area contributed by atoms with Crippen LogP contribution in [0.1, 0.15) is 19.3 Å². The number of nitrogens with zero attached hydrogens (tertiary/aromatic N) is 3. The Labute approximate surface area is 118 Å². The topological polar surface area (TPSA) is 93.3 Å². The molecule has 0 bridgehead atoms. The van der Waals surface area contributed by atoms with Crippen molar-refractivity contribution >= 4 is 11.8 Å². The van der Waals surface area contributed by atoms with Gasteiger partial charge in [-0.15, -0.1) is 0 Å². The molecule has 2 rings (SSSR count). The molecule has 3 N–H and O–H groups in total. The van der Waals surface area contributed by atoms with Gasteiger partial charge in [0.25, 0.3) is 0 Å². The maximum absolute atomic E-state index is 12.3. The second kappa shape index (κ2) is 7.04. The highest BCUT2D eigenvalue weighted by Gasteiger charge is 2.26. The highest BCUT2D eigenvalue weighted by atomic mass is 16.2. The number of imidazole rings is 1. The summed E-state index contributed by atoms with van der Waals surface area (Å²) in [6.07, 6.45) is 7.43. The number of amides is 2. The Morgan fingerprint density at radius 1 is 1.50 bits per heavy atom. The number of hydrogen-bond acceptors (Lipinski definition) is 4. The molecule has 1 saturated heterocycles. The maximum Gasteiger partial charge on any atom is 0.237 e. The minimum absolute atomic E-state index is 0.00485. The fourth-order valence-corrected chi connectivity index (χ4v) is 2.48. The van der Waals surface area contributed by atoms with Crippen LogP contribution in [-0.4, -0.2) is 51.9 Å². The van der Waals surface area contributed by atoms with Crippen LogP contribution < -0.4 is 11.1 Å². The molecule has 2 heterocycles. The molecule has 7 heteroatoms. The van der Waals surface area contributed by atoms with Gasteiger partial charge in [-0.3, -0.25) is 9.59 Å². The number of piperidine rings is 1. The molecule has 0 spiro atoms. The summed E-state index contributed by atoms with van der Waals surface area (Å²) in [4.78, 5) is 29.1. The predicted molar refractivity (Wildman–Crippen MR) is 73.6 cm³/mol. The lowest BCUT2D eigenvalue weighted by Crippen LogP contribution is -2.51. The average molecular weight is 279 g/mol. The van der Waals surface area contributed by atoms with E-state index in [2.05, 4.69) is 10.3 Å². The molecule has 0 aromatic carbocycles. The fraction of sp³-hybridized carbons (Fsp3) is 0.615. The second-order valence-electron chi connectivity index (χ2n) is 5.04. The summed E-state index contributed by atoms with van der Waals surface area (Å²) >= 11 is 0. The van der Waals surface area contributed by atoms with Crippen LogP contribution in [-0.2, 0) is 16.1 Å². The number of primary amides is 1. The van der Waals surface area contributed by atoms with Gasteiger partial charge >= 0.3 is 0 Å². The molecule has 0 saturated carbocycles. The summed E-state index contributed by atoms with van der Waals surface area (Å²) in [7, 11) is 0. The van der Waals surface area contributed by atoms with E-state index in [0.29, 0.717) is 13.0 Å². The van der Waals surface area contributed by atoms with Crippen LogP contribution in [0.25, 0.3) is 0 Å². The van der Waals surface area contributed by atoms with Gasteiger partial charge in [0.05, 0.1) is 12.9 Å². The van der Waals surface area contributed by atoms with E-state index >= 15 is 0 Å². The van der Waals surface area contributed by atoms with Crippen LogP contribution in [0.2, 0.25) is 0 Å². The van der Waals surface area contributed by atoms with Gasteiger partial charge in [-0.25, -0.2) is 4.98 Å². The maximum atomic E-state index is 12.3. The van der Waals surface area contributed by atoms with E-state index in [1.165, 1.54) is 0 Å². The number of carbonyl (C=O) groups excluding carboxylic acids is 2. The highest BCUT2D eigenvalue weighted by molar-refractivity contribution is 5.84. The zero-order valence-corrected chi connectivity index (χ0v) is 11.5. The third kappa shape index (κ3) is 4.06. The number of nitrogens with one attached hydrogen (secondary N) is 1. The van der Waals surface area contributed by atoms with Crippen molar-refractivity contribution in [1.29, 1.82) is 0 Å². The van der Waals surface area contributed by atoms with Crippen molar-refractivity contribution in [2.45, 2.75) is 31.8 Å². The Bertz CT molecular complexity index is 440. The van der Waals surface area contributed by atoms with Crippen molar-refractivity contribution in [3.05, 3.63) is 18.7 Å². The Morgan fingerprint density at radius 3 is 2.95 bits per heavy atom. The Balaban J connectivity index is 1.93. The first-order chi connectivity index (χ1) is 9.66. The van der Waals surface area contributed by atoms with Gasteiger partial charge in [-0.1, -0.05) is 0 Å². The second-order valence-corrected chi connectivity index (χ2v) is 5.04. The first-order valence-corrected chi connectivity index (χ1v) is 6.91. The molecule has 0 radical (unpaired) electrons. The minimum atomic E-state index is -0.466. The van der Waals surface area contributed by atoms with E-state index in [1.54, 1.807) is 17.4 Å². The van der Waals surface area contributed by atoms with Gasteiger partial charge in [0, 0.05) is 37.9 Å². The van der Waals surface area contributed by atoms with Gasteiger partial charge in [0.2, 0.25) is 11.8 Å². The highest BCUT2D eigenvalue weighted by Crippen LogP contribution is 2.12. The zero-order chi connectivity index (χ0) is 14.4. The molecule has 1 atom stereocenters. The average Bonchev–Trinajstić information content (AvgIpc) is 2.96. The lowest BCUT2D eigenvalue weighted by Gasteiger charge is -2.34. The number of hydrogen-bond donors (Lipinski definition) is 2. The quantitative estimate of drug-likeness (QED) is 0.723. The van der Waals surface area contributed by atoms with Crippen molar-refractivity contribution in [2.75, 3.05) is 19.6 Å². The number of rotatable bonds is 6. The molecule has 2 amide bonds. The first-order valence-electron chi connectivity index (χ1n) is 6.91. The minimum Gasteiger partial charge on any atom is -0.368 e. The molecular weight excluding hydrogens is 258 g/mol. The smallest absolute Gasteiger partial charge is 0.237 e. The van der Waals surface area contributed by atoms with Crippen LogP contribution in [0.4, 0.5) is 0 Å². The van der Waals surface area contributed by atoms with E-state index in [-0.39, 0.29) is 18.5 Å². The molecule has 1 aliphatic heterocycles. The molecule has 1 aromatic heterocycles. The third-order valence-corrected chi connectivity index (χ3v) is 3.50. The number of aromatic nitrogens is 2. The van der Waals surface area contributed by atoms with Crippen molar-refractivity contribution in [3.63, 3.8) is 0 Å². The molecular formula is C13H21N5O2. The Kier molecular flexibility index (Phi) is 5.11. The molecule has 1 aromatic rings. The first kappa shape index (κ1) is 14.5. The Morgan fingerprint density at radius 2 is 2.35 bits per heavy atom. The van der Waals surface area contributed by atoms with E-state index < -0.39 is 5.91 Å². The van der Waals surface area contributed by atoms with Gasteiger partial charge in [0.1, 0.15) is 0 Å². The third-order valence-electron chi connectivity index (χ3n) is 3.50. The molecule has 1 fully saturated rings. The van der Waals surface area contributed by atoms with Crippen LogP contribution >= 0.6 is 0 Å². The molecule has 20 heavy (non-hydrogen) atoms. The lowest BCUT2D eigenvalue weighted by atomic mass is 10.1. The van der Waals surface area contributed by atoms with Gasteiger partial charge in [-0.05, 0) is 19.4 Å². The van der Waals surface area contributed by atoms with Crippen molar-refractivity contribution < 1.29 is 9.59 Å². The fourth-order valence-electron chi connectivity index (χ4n) is 2.48. The standard InChI is InChI=1S/C13H21N5O2/c14-12(19)9-18(11-2-1-4-15-8-11)13(20)3-6-17-7-5-16-10-17/h5,7,10-11,15H,1-4,6,8-9H2,(H2,14,19). The normalized spacial score (nSPS) is 18.7. The summed E-state index contributed by atoms with van der Waals surface area (Å²) in [5.41, 5.74) is 5.26. The van der Waals surface area contributed by atoms with Crippen molar-refractivity contribution in [3.8, 4) is 0 Å². The van der Waals surface area contributed by atoms with E-state index in [9.17, 15) is 9.59 Å². The van der Waals surface area contributed by atoms with Crippen LogP contribution in [0.3, 0.4) is 0 Å². The van der Waals surface area contributed by atoms with Gasteiger partial charge in [0.15, 0.2) is 0 Å². The predicted octanol–water partition coefficient (Wildman–Crippen LogP) is -0.661. The monoisotopic (exact) mass is 279 g/mol. The summed E-state index contributed by atoms with van der Waals surface area (Å²) in [5.74, 6) is -0.502.